The Kier molecular flexibility index (Phi) is 7.81. The molecule has 11 heteroatoms. The predicted octanol–water partition coefficient (Wildman–Crippen LogP) is 4.62. The summed E-state index contributed by atoms with van der Waals surface area (Å²) in [6.45, 7) is 2.57. The maximum absolute atomic E-state index is 12.6. The molecule has 0 bridgehead atoms. The summed E-state index contributed by atoms with van der Waals surface area (Å²) in [5.41, 5.74) is 1.37. The van der Waals surface area contributed by atoms with E-state index in [0.717, 1.165) is 22.6 Å². The van der Waals surface area contributed by atoms with Gasteiger partial charge in [0.1, 0.15) is 18.2 Å². The highest BCUT2D eigenvalue weighted by molar-refractivity contribution is 7.90. The van der Waals surface area contributed by atoms with Crippen molar-refractivity contribution < 1.29 is 22.7 Å². The zero-order chi connectivity index (χ0) is 26.4. The SMILES string of the molecule is CCOc1cc(C=C(C#N)C(=O)Nc2nc(S(C)(=O)=O)ns2)ccc1OCc1cccc2ccccc12. The molecule has 1 heterocycles. The molecule has 0 saturated carbocycles. The number of nitrogens with zero attached hydrogens (tertiary/aromatic N) is 3. The van der Waals surface area contributed by atoms with Gasteiger partial charge in [-0.1, -0.05) is 48.5 Å². The Bertz CT molecular complexity index is 1630. The van der Waals surface area contributed by atoms with E-state index in [4.69, 9.17) is 9.47 Å². The lowest BCUT2D eigenvalue weighted by atomic mass is 10.1. The number of hydrogen-bond donors (Lipinski definition) is 1. The van der Waals surface area contributed by atoms with Crippen LogP contribution in [0.4, 0.5) is 5.13 Å². The van der Waals surface area contributed by atoms with Gasteiger partial charge in [0.25, 0.3) is 11.1 Å². The van der Waals surface area contributed by atoms with E-state index in [0.29, 0.717) is 41.8 Å². The van der Waals surface area contributed by atoms with Crippen LogP contribution in [0.25, 0.3) is 16.8 Å². The topological polar surface area (TPSA) is 131 Å². The largest absolute Gasteiger partial charge is 0.490 e. The van der Waals surface area contributed by atoms with E-state index in [1.54, 1.807) is 18.2 Å². The molecule has 1 aromatic heterocycles. The number of amides is 1. The van der Waals surface area contributed by atoms with Crippen molar-refractivity contribution >= 4 is 49.3 Å². The number of sulfone groups is 1. The van der Waals surface area contributed by atoms with E-state index in [9.17, 15) is 18.5 Å². The number of rotatable bonds is 9. The first-order valence-electron chi connectivity index (χ1n) is 11.1. The fourth-order valence-corrected chi connectivity index (χ4v) is 4.91. The number of anilines is 1. The van der Waals surface area contributed by atoms with Crippen LogP contribution in [0.5, 0.6) is 11.5 Å². The van der Waals surface area contributed by atoms with Gasteiger partial charge in [-0.15, -0.1) is 0 Å². The van der Waals surface area contributed by atoms with E-state index in [2.05, 4.69) is 14.7 Å². The van der Waals surface area contributed by atoms with Gasteiger partial charge in [0.05, 0.1) is 6.61 Å². The average Bonchev–Trinajstić information content (AvgIpc) is 3.36. The summed E-state index contributed by atoms with van der Waals surface area (Å²) in [5, 5.41) is 13.7. The molecular formula is C26H22N4O5S2. The summed E-state index contributed by atoms with van der Waals surface area (Å²) in [6.07, 6.45) is 2.36. The van der Waals surface area contributed by atoms with Crippen molar-refractivity contribution in [3.8, 4) is 17.6 Å². The summed E-state index contributed by atoms with van der Waals surface area (Å²) in [5.74, 6) is 0.251. The Balaban J connectivity index is 1.53. The Hall–Kier alpha value is -4.27. The number of carbonyl (C=O) groups is 1. The van der Waals surface area contributed by atoms with E-state index >= 15 is 0 Å². The zero-order valence-corrected chi connectivity index (χ0v) is 21.6. The van der Waals surface area contributed by atoms with Crippen molar-refractivity contribution in [1.29, 1.82) is 5.26 Å². The van der Waals surface area contributed by atoms with Crippen molar-refractivity contribution in [2.24, 2.45) is 0 Å². The van der Waals surface area contributed by atoms with Crippen molar-refractivity contribution in [3.63, 3.8) is 0 Å². The third kappa shape index (κ3) is 6.30. The van der Waals surface area contributed by atoms with Crippen molar-refractivity contribution in [2.75, 3.05) is 18.2 Å². The number of nitrogens with one attached hydrogen (secondary N) is 1. The van der Waals surface area contributed by atoms with Gasteiger partial charge >= 0.3 is 0 Å². The number of benzene rings is 3. The van der Waals surface area contributed by atoms with Gasteiger partial charge in [-0.2, -0.15) is 14.6 Å². The molecule has 0 unspecified atom stereocenters. The average molecular weight is 535 g/mol. The van der Waals surface area contributed by atoms with Crippen LogP contribution < -0.4 is 14.8 Å². The fraction of sp³-hybridized carbons (Fsp3) is 0.154. The standard InChI is InChI=1S/C26H22N4O5S2/c1-3-34-23-14-17(13-20(15-27)24(31)28-25-29-26(30-36-25)37(2,32)33)11-12-22(23)35-16-19-9-6-8-18-7-4-5-10-21(18)19/h4-14H,3,16H2,1-2H3,(H,28,29,30,31). The fourth-order valence-electron chi connectivity index (χ4n) is 3.47. The van der Waals surface area contributed by atoms with Gasteiger partial charge < -0.3 is 9.47 Å². The third-order valence-corrected chi connectivity index (χ3v) is 6.76. The molecular weight excluding hydrogens is 512 g/mol. The molecule has 0 aliphatic carbocycles. The number of aromatic nitrogens is 2. The van der Waals surface area contributed by atoms with Crippen molar-refractivity contribution in [1.82, 2.24) is 9.36 Å². The summed E-state index contributed by atoms with van der Waals surface area (Å²) in [7, 11) is -3.61. The summed E-state index contributed by atoms with van der Waals surface area (Å²) in [6, 6.07) is 21.1. The molecule has 0 fully saturated rings. The van der Waals surface area contributed by atoms with Crippen LogP contribution in [-0.2, 0) is 21.2 Å². The minimum Gasteiger partial charge on any atom is -0.490 e. The van der Waals surface area contributed by atoms with Gasteiger partial charge in [0, 0.05) is 17.8 Å². The normalized spacial score (nSPS) is 11.6. The smallest absolute Gasteiger partial charge is 0.268 e. The van der Waals surface area contributed by atoms with E-state index in [1.807, 2.05) is 55.5 Å². The maximum Gasteiger partial charge on any atom is 0.268 e. The maximum atomic E-state index is 12.6. The molecule has 3 aromatic carbocycles. The Morgan fingerprint density at radius 3 is 2.62 bits per heavy atom. The van der Waals surface area contributed by atoms with E-state index in [1.165, 1.54) is 6.08 Å². The molecule has 4 aromatic rings. The monoisotopic (exact) mass is 534 g/mol. The molecule has 0 aliphatic heterocycles. The van der Waals surface area contributed by atoms with Crippen LogP contribution in [0.15, 0.2) is 71.4 Å². The van der Waals surface area contributed by atoms with E-state index in [-0.39, 0.29) is 10.7 Å². The highest BCUT2D eigenvalue weighted by Crippen LogP contribution is 2.31. The Morgan fingerprint density at radius 1 is 1.11 bits per heavy atom. The molecule has 9 nitrogen and oxygen atoms in total. The number of carbonyl (C=O) groups excluding carboxylic acids is 1. The lowest BCUT2D eigenvalue weighted by Gasteiger charge is -2.14. The van der Waals surface area contributed by atoms with Crippen LogP contribution in [0.1, 0.15) is 18.1 Å². The Labute approximate surface area is 218 Å². The number of fused-ring (bicyclic) bond motifs is 1. The molecule has 0 radical (unpaired) electrons. The minimum absolute atomic E-state index is 0.0289. The molecule has 0 aliphatic rings. The number of hydrogen-bond acceptors (Lipinski definition) is 9. The highest BCUT2D eigenvalue weighted by Gasteiger charge is 2.18. The number of nitriles is 1. The molecule has 1 amide bonds. The quantitative estimate of drug-likeness (QED) is 0.243. The molecule has 0 spiro atoms. The summed E-state index contributed by atoms with van der Waals surface area (Å²) in [4.78, 5) is 16.4. The zero-order valence-electron chi connectivity index (χ0n) is 20.0. The lowest BCUT2D eigenvalue weighted by Crippen LogP contribution is -2.13. The minimum atomic E-state index is -3.61. The predicted molar refractivity (Wildman–Crippen MR) is 141 cm³/mol. The molecule has 4 rings (SSSR count). The first-order valence-corrected chi connectivity index (χ1v) is 13.8. The summed E-state index contributed by atoms with van der Waals surface area (Å²) < 4.78 is 38.6. The van der Waals surface area contributed by atoms with Crippen molar-refractivity contribution in [3.05, 3.63) is 77.4 Å². The highest BCUT2D eigenvalue weighted by atomic mass is 32.2. The van der Waals surface area contributed by atoms with Crippen LogP contribution in [0.2, 0.25) is 0 Å². The molecule has 37 heavy (non-hydrogen) atoms. The van der Waals surface area contributed by atoms with Gasteiger partial charge in [-0.05, 0) is 47.0 Å². The second-order valence-corrected chi connectivity index (χ2v) is 10.5. The van der Waals surface area contributed by atoms with Crippen LogP contribution >= 0.6 is 11.5 Å². The first-order chi connectivity index (χ1) is 17.8. The van der Waals surface area contributed by atoms with Crippen molar-refractivity contribution in [2.45, 2.75) is 18.7 Å². The summed E-state index contributed by atoms with van der Waals surface area (Å²) >= 11 is 0.709. The first kappa shape index (κ1) is 25.8. The van der Waals surface area contributed by atoms with Crippen LogP contribution in [-0.4, -0.2) is 36.5 Å². The second-order valence-electron chi connectivity index (χ2n) is 7.84. The van der Waals surface area contributed by atoms with Crippen LogP contribution in [0, 0.1) is 11.3 Å². The second kappa shape index (κ2) is 11.2. The third-order valence-electron chi connectivity index (χ3n) is 5.17. The van der Waals surface area contributed by atoms with Gasteiger partial charge in [0.2, 0.25) is 15.0 Å². The van der Waals surface area contributed by atoms with Gasteiger partial charge in [-0.25, -0.2) is 8.42 Å². The van der Waals surface area contributed by atoms with Crippen LogP contribution in [0.3, 0.4) is 0 Å². The van der Waals surface area contributed by atoms with Gasteiger partial charge in [0.15, 0.2) is 11.5 Å². The molecule has 1 N–H and O–H groups in total. The lowest BCUT2D eigenvalue weighted by molar-refractivity contribution is -0.112. The molecule has 188 valence electrons. The molecule has 0 saturated heterocycles. The number of ether oxygens (including phenoxy) is 2. The van der Waals surface area contributed by atoms with Gasteiger partial charge in [-0.3, -0.25) is 10.1 Å². The van der Waals surface area contributed by atoms with E-state index < -0.39 is 20.9 Å². The Morgan fingerprint density at radius 2 is 1.89 bits per heavy atom. The molecule has 0 atom stereocenters.